The number of carbonyl (C=O) groups is 1. The van der Waals surface area contributed by atoms with Crippen molar-refractivity contribution in [3.05, 3.63) is 46.1 Å². The first-order valence-electron chi connectivity index (χ1n) is 10.9. The Morgan fingerprint density at radius 1 is 1.33 bits per heavy atom. The molecule has 0 bridgehead atoms. The molecule has 0 amide bonds. The van der Waals surface area contributed by atoms with Gasteiger partial charge in [0.1, 0.15) is 23.7 Å². The molecule has 2 atom stereocenters. The summed E-state index contributed by atoms with van der Waals surface area (Å²) < 4.78 is 22.3. The fourth-order valence-corrected chi connectivity index (χ4v) is 5.00. The van der Waals surface area contributed by atoms with Crippen LogP contribution in [0.3, 0.4) is 0 Å². The van der Waals surface area contributed by atoms with E-state index in [0.717, 1.165) is 47.2 Å². The highest BCUT2D eigenvalue weighted by atomic mass is 127. The van der Waals surface area contributed by atoms with Gasteiger partial charge in [0.25, 0.3) is 0 Å². The van der Waals surface area contributed by atoms with E-state index < -0.39 is 0 Å². The maximum Gasteiger partial charge on any atom is 0.342 e. The minimum absolute atomic E-state index is 0.136. The molecule has 184 valence electrons. The second-order valence-electron chi connectivity index (χ2n) is 7.82. The lowest BCUT2D eigenvalue weighted by Crippen LogP contribution is -2.10. The van der Waals surface area contributed by atoms with E-state index in [9.17, 15) is 9.90 Å². The molecule has 6 nitrogen and oxygen atoms in total. The molecule has 0 aromatic heterocycles. The summed E-state index contributed by atoms with van der Waals surface area (Å²) in [5.74, 6) is 1.96. The van der Waals surface area contributed by atoms with Gasteiger partial charge in [0.2, 0.25) is 0 Å². The highest BCUT2D eigenvalue weighted by molar-refractivity contribution is 14.2. The van der Waals surface area contributed by atoms with Crippen LogP contribution >= 0.6 is 38.9 Å². The topological polar surface area (TPSA) is 74.2 Å². The number of hydrogen-bond acceptors (Lipinski definition) is 7. The summed E-state index contributed by atoms with van der Waals surface area (Å²) in [6.45, 7) is 4.92. The minimum atomic E-state index is -0.337. The van der Waals surface area contributed by atoms with Crippen molar-refractivity contribution in [1.29, 1.82) is 0 Å². The molecule has 1 heterocycles. The summed E-state index contributed by atoms with van der Waals surface area (Å²) >= 11 is 2.23. The highest BCUT2D eigenvalue weighted by Gasteiger charge is 2.33. The van der Waals surface area contributed by atoms with Crippen LogP contribution in [0.2, 0.25) is 0 Å². The predicted octanol–water partition coefficient (Wildman–Crippen LogP) is 5.81. The lowest BCUT2D eigenvalue weighted by Gasteiger charge is -2.19. The number of hydrogen-bond donors (Lipinski definition) is 1. The van der Waals surface area contributed by atoms with E-state index in [0.29, 0.717) is 33.1 Å². The number of methoxy groups -OCH3 is 1. The molecule has 9 heteroatoms. The quantitative estimate of drug-likeness (QED) is 0.0886. The zero-order valence-corrected chi connectivity index (χ0v) is 23.7. The molecule has 1 N–H and O–H groups in total. The average molecular weight is 608 g/mol. The molecule has 0 fully saturated rings. The minimum Gasteiger partial charge on any atom is -0.496 e. The van der Waals surface area contributed by atoms with Gasteiger partial charge in [0.05, 0.1) is 13.7 Å². The van der Waals surface area contributed by atoms with E-state index in [1.807, 2.05) is 6.92 Å². The van der Waals surface area contributed by atoms with Crippen LogP contribution < -0.4 is 9.47 Å². The second kappa shape index (κ2) is 15.2. The van der Waals surface area contributed by atoms with Crippen LogP contribution in [-0.2, 0) is 22.3 Å². The average Bonchev–Trinajstić information content (AvgIpc) is 3.20. The third-order valence-electron chi connectivity index (χ3n) is 5.54. The van der Waals surface area contributed by atoms with E-state index in [-0.39, 0.29) is 25.1 Å². The Morgan fingerprint density at radius 3 is 2.79 bits per heavy atom. The van der Waals surface area contributed by atoms with E-state index in [4.69, 9.17) is 18.7 Å². The zero-order valence-electron chi connectivity index (χ0n) is 19.7. The third kappa shape index (κ3) is 8.13. The molecule has 2 rings (SSSR count). The Labute approximate surface area is 215 Å². The SMILES string of the molecule is COPC/C=C/CC(CO)C/C(C)=C/Cc1c(OC)c(C)c2c(c1OCCSI)C(=O)OC2. The van der Waals surface area contributed by atoms with E-state index >= 15 is 0 Å². The van der Waals surface area contributed by atoms with Gasteiger partial charge in [-0.2, -0.15) is 0 Å². The van der Waals surface area contributed by atoms with Crippen LogP contribution in [0.5, 0.6) is 11.5 Å². The Kier molecular flexibility index (Phi) is 13.1. The molecule has 0 aliphatic carbocycles. The van der Waals surface area contributed by atoms with Crippen molar-refractivity contribution in [3.8, 4) is 11.5 Å². The molecule has 0 radical (unpaired) electrons. The van der Waals surface area contributed by atoms with Crippen molar-refractivity contribution in [3.63, 3.8) is 0 Å². The maximum absolute atomic E-state index is 12.5. The maximum atomic E-state index is 12.5. The molecule has 0 saturated heterocycles. The third-order valence-corrected chi connectivity index (χ3v) is 7.87. The van der Waals surface area contributed by atoms with Gasteiger partial charge in [-0.25, -0.2) is 4.79 Å². The molecule has 2 unspecified atom stereocenters. The fraction of sp³-hybridized carbons (Fsp3) is 0.542. The van der Waals surface area contributed by atoms with Crippen LogP contribution in [-0.4, -0.2) is 50.4 Å². The first-order valence-corrected chi connectivity index (χ1v) is 15.6. The number of benzene rings is 1. The number of aliphatic hydroxyl groups excluding tert-OH is 1. The highest BCUT2D eigenvalue weighted by Crippen LogP contribution is 2.43. The standard InChI is InChI=1S/C24H34IO6PS/c1-16(13-18(14-26)7-5-6-11-32-29-4)8-9-19-22(28-3)17(2)20-15-31-24(27)21(20)23(19)30-10-12-33-25/h5-6,8,18,26,32H,7,9-15H2,1-4H3/b6-5+,16-8+. The summed E-state index contributed by atoms with van der Waals surface area (Å²) in [6, 6.07) is 0. The Morgan fingerprint density at radius 2 is 2.12 bits per heavy atom. The largest absolute Gasteiger partial charge is 0.496 e. The fourth-order valence-electron chi connectivity index (χ4n) is 3.89. The number of ether oxygens (including phenoxy) is 3. The zero-order chi connectivity index (χ0) is 24.2. The molecule has 1 aromatic rings. The van der Waals surface area contributed by atoms with Gasteiger partial charge in [-0.15, -0.1) is 0 Å². The number of carbonyl (C=O) groups excluding carboxylic acids is 1. The van der Waals surface area contributed by atoms with Crippen molar-refractivity contribution in [2.45, 2.75) is 39.7 Å². The Hall–Kier alpha value is -0.800. The first-order chi connectivity index (χ1) is 16.0. The molecular weight excluding hydrogens is 574 g/mol. The van der Waals surface area contributed by atoms with Crippen LogP contribution in [0.25, 0.3) is 0 Å². The Balaban J connectivity index is 2.24. The molecule has 1 aromatic carbocycles. The summed E-state index contributed by atoms with van der Waals surface area (Å²) in [5, 5.41) is 9.80. The second-order valence-corrected chi connectivity index (χ2v) is 11.4. The summed E-state index contributed by atoms with van der Waals surface area (Å²) in [4.78, 5) is 12.5. The number of cyclic esters (lactones) is 1. The van der Waals surface area contributed by atoms with E-state index in [1.165, 1.54) is 5.57 Å². The molecule has 0 saturated carbocycles. The van der Waals surface area contributed by atoms with Gasteiger partial charge in [-0.05, 0) is 65.8 Å². The molecule has 1 aliphatic heterocycles. The summed E-state index contributed by atoms with van der Waals surface area (Å²) in [6.07, 6.45) is 9.47. The number of esters is 1. The number of rotatable bonds is 15. The summed E-state index contributed by atoms with van der Waals surface area (Å²) in [5.41, 5.74) is 4.34. The smallest absolute Gasteiger partial charge is 0.342 e. The monoisotopic (exact) mass is 608 g/mol. The molecule has 1 aliphatic rings. The number of fused-ring (bicyclic) bond motifs is 1. The van der Waals surface area contributed by atoms with Crippen molar-refractivity contribution in [1.82, 2.24) is 0 Å². The van der Waals surface area contributed by atoms with Gasteiger partial charge in [0, 0.05) is 45.6 Å². The van der Waals surface area contributed by atoms with Crippen LogP contribution in [0.4, 0.5) is 0 Å². The predicted molar refractivity (Wildman–Crippen MR) is 145 cm³/mol. The van der Waals surface area contributed by atoms with E-state index in [1.54, 1.807) is 23.2 Å². The van der Waals surface area contributed by atoms with Gasteiger partial charge in [-0.1, -0.05) is 32.7 Å². The molecule has 0 spiro atoms. The van der Waals surface area contributed by atoms with Crippen molar-refractivity contribution >= 4 is 44.9 Å². The van der Waals surface area contributed by atoms with Gasteiger partial charge >= 0.3 is 5.97 Å². The van der Waals surface area contributed by atoms with Crippen molar-refractivity contribution < 1.29 is 28.6 Å². The summed E-state index contributed by atoms with van der Waals surface area (Å²) in [7, 11) is 5.49. The van der Waals surface area contributed by atoms with Crippen LogP contribution in [0.1, 0.15) is 46.8 Å². The van der Waals surface area contributed by atoms with Crippen LogP contribution in [0, 0.1) is 12.8 Å². The van der Waals surface area contributed by atoms with Crippen molar-refractivity contribution in [2.24, 2.45) is 5.92 Å². The van der Waals surface area contributed by atoms with Gasteiger partial charge in [0.15, 0.2) is 0 Å². The van der Waals surface area contributed by atoms with E-state index in [2.05, 4.69) is 46.4 Å². The number of aliphatic hydroxyl groups is 1. The Bertz CT molecular complexity index is 858. The van der Waals surface area contributed by atoms with Gasteiger partial charge in [-0.3, -0.25) is 0 Å². The van der Waals surface area contributed by atoms with Crippen LogP contribution in [0.15, 0.2) is 23.8 Å². The van der Waals surface area contributed by atoms with Gasteiger partial charge < -0.3 is 23.8 Å². The molecule has 33 heavy (non-hydrogen) atoms. The lowest BCUT2D eigenvalue weighted by atomic mass is 9.93. The normalized spacial score (nSPS) is 14.8. The number of allylic oxidation sites excluding steroid dienone is 4. The molecular formula is C24H34IO6PS. The lowest BCUT2D eigenvalue weighted by molar-refractivity contribution is 0.0532. The first kappa shape index (κ1) is 28.4. The number of halogens is 1. The van der Waals surface area contributed by atoms with Crippen molar-refractivity contribution in [2.75, 3.05) is 39.3 Å².